The monoisotopic (exact) mass is 401 g/mol. The molecule has 4 nitrogen and oxygen atoms in total. The number of aliphatic hydroxyl groups excluding tert-OH is 1. The number of aliphatic hydroxyl groups is 1. The Hall–Kier alpha value is -2.54. The van der Waals surface area contributed by atoms with E-state index in [4.69, 9.17) is 5.10 Å². The number of allylic oxidation sites excluding steroid dienone is 2. The van der Waals surface area contributed by atoms with Crippen LogP contribution in [-0.4, -0.2) is 14.9 Å². The average Bonchev–Trinajstić information content (AvgIpc) is 3.18. The van der Waals surface area contributed by atoms with Crippen LogP contribution in [0.1, 0.15) is 76.1 Å². The van der Waals surface area contributed by atoms with E-state index in [1.165, 1.54) is 54.6 Å². The zero-order valence-electron chi connectivity index (χ0n) is 18.1. The minimum absolute atomic E-state index is 0.00607. The fraction of sp³-hybridized carbons (Fsp3) is 0.538. The van der Waals surface area contributed by atoms with Crippen molar-refractivity contribution >= 4 is 0 Å². The van der Waals surface area contributed by atoms with Crippen molar-refractivity contribution in [1.82, 2.24) is 9.78 Å². The van der Waals surface area contributed by atoms with E-state index in [9.17, 15) is 10.4 Å². The van der Waals surface area contributed by atoms with Crippen molar-refractivity contribution < 1.29 is 5.11 Å². The number of rotatable bonds is 2. The van der Waals surface area contributed by atoms with Gasteiger partial charge in [0.2, 0.25) is 0 Å². The first-order valence-corrected chi connectivity index (χ1v) is 11.5. The molecule has 1 aromatic heterocycles. The molecule has 1 saturated carbocycles. The second-order valence-corrected chi connectivity index (χ2v) is 9.78. The summed E-state index contributed by atoms with van der Waals surface area (Å²) in [6.45, 7) is 4.36. The molecule has 5 rings (SSSR count). The molecule has 0 amide bonds. The second-order valence-electron chi connectivity index (χ2n) is 9.78. The molecule has 4 heteroatoms. The van der Waals surface area contributed by atoms with Crippen LogP contribution >= 0.6 is 0 Å². The lowest BCUT2D eigenvalue weighted by Gasteiger charge is -2.46. The highest BCUT2D eigenvalue weighted by Gasteiger charge is 2.51. The summed E-state index contributed by atoms with van der Waals surface area (Å²) in [7, 11) is 0. The zero-order chi connectivity index (χ0) is 20.9. The molecule has 0 spiro atoms. The number of aromatic nitrogens is 2. The fourth-order valence-electron chi connectivity index (χ4n) is 6.49. The van der Waals surface area contributed by atoms with Crippen LogP contribution in [0.5, 0.6) is 0 Å². The second kappa shape index (κ2) is 7.30. The normalized spacial score (nSPS) is 29.2. The van der Waals surface area contributed by atoms with Crippen molar-refractivity contribution in [1.29, 1.82) is 5.26 Å². The van der Waals surface area contributed by atoms with Gasteiger partial charge in [-0.05, 0) is 38.0 Å². The van der Waals surface area contributed by atoms with Gasteiger partial charge < -0.3 is 5.11 Å². The van der Waals surface area contributed by atoms with E-state index in [1.54, 1.807) is 0 Å². The number of fused-ring (bicyclic) bond motifs is 3. The lowest BCUT2D eigenvalue weighted by molar-refractivity contribution is 0.135. The average molecular weight is 402 g/mol. The molecule has 1 N–H and O–H groups in total. The third kappa shape index (κ3) is 2.82. The lowest BCUT2D eigenvalue weighted by atomic mass is 9.57. The van der Waals surface area contributed by atoms with Gasteiger partial charge in [-0.25, -0.2) is 0 Å². The first-order valence-electron chi connectivity index (χ1n) is 11.5. The molecular formula is C26H31N3O. The standard InChI is InChI=1S/C26H31N3O/c1-17-22-14-13-21-23(18-9-5-3-6-10-18)29(20-11-7-4-8-12-20)28-25(21)26(22,2)15-19(16-27)24(17)30/h3,5-6,9-10,17,20,22,30H,4,7-8,11-15H2,1-2H3/t17-,22-,26-/m1/s1. The molecule has 0 bridgehead atoms. The highest BCUT2D eigenvalue weighted by Crippen LogP contribution is 2.54. The molecule has 0 unspecified atom stereocenters. The Labute approximate surface area is 179 Å². The van der Waals surface area contributed by atoms with Crippen molar-refractivity contribution in [2.75, 3.05) is 0 Å². The Kier molecular flexibility index (Phi) is 4.73. The van der Waals surface area contributed by atoms with Crippen LogP contribution in [-0.2, 0) is 11.8 Å². The van der Waals surface area contributed by atoms with Gasteiger partial charge in [0.15, 0.2) is 0 Å². The maximum absolute atomic E-state index is 10.6. The lowest BCUT2D eigenvalue weighted by Crippen LogP contribution is -2.44. The topological polar surface area (TPSA) is 61.8 Å². The Morgan fingerprint density at radius 1 is 1.13 bits per heavy atom. The van der Waals surface area contributed by atoms with Crippen LogP contribution in [0.15, 0.2) is 41.7 Å². The largest absolute Gasteiger partial charge is 0.511 e. The van der Waals surface area contributed by atoms with Crippen LogP contribution in [0.3, 0.4) is 0 Å². The van der Waals surface area contributed by atoms with Gasteiger partial charge in [-0.3, -0.25) is 4.68 Å². The molecule has 3 aliphatic carbocycles. The van der Waals surface area contributed by atoms with E-state index >= 15 is 0 Å². The fourth-order valence-corrected chi connectivity index (χ4v) is 6.49. The van der Waals surface area contributed by atoms with E-state index in [-0.39, 0.29) is 11.3 Å². The van der Waals surface area contributed by atoms with Crippen molar-refractivity contribution in [2.45, 2.75) is 76.7 Å². The van der Waals surface area contributed by atoms with Crippen LogP contribution in [0.4, 0.5) is 0 Å². The van der Waals surface area contributed by atoms with Gasteiger partial charge in [0.1, 0.15) is 5.76 Å². The van der Waals surface area contributed by atoms with E-state index < -0.39 is 0 Å². The zero-order valence-corrected chi connectivity index (χ0v) is 18.1. The summed E-state index contributed by atoms with van der Waals surface area (Å²) < 4.78 is 2.35. The summed E-state index contributed by atoms with van der Waals surface area (Å²) in [6, 6.07) is 13.5. The summed E-state index contributed by atoms with van der Waals surface area (Å²) in [6.07, 6.45) is 8.88. The minimum Gasteiger partial charge on any atom is -0.511 e. The van der Waals surface area contributed by atoms with Gasteiger partial charge in [0, 0.05) is 22.5 Å². The van der Waals surface area contributed by atoms with Crippen LogP contribution in [0.25, 0.3) is 11.3 Å². The molecule has 0 aliphatic heterocycles. The predicted octanol–water partition coefficient (Wildman–Crippen LogP) is 6.25. The van der Waals surface area contributed by atoms with Gasteiger partial charge in [0.25, 0.3) is 0 Å². The molecular weight excluding hydrogens is 370 g/mol. The van der Waals surface area contributed by atoms with Gasteiger partial charge in [-0.1, -0.05) is 63.4 Å². The van der Waals surface area contributed by atoms with Crippen molar-refractivity contribution in [3.05, 3.63) is 52.9 Å². The molecule has 0 radical (unpaired) electrons. The quantitative estimate of drug-likeness (QED) is 0.647. The number of benzene rings is 1. The minimum atomic E-state index is -0.201. The summed E-state index contributed by atoms with van der Waals surface area (Å²) in [5.74, 6) is 0.630. The Morgan fingerprint density at radius 2 is 1.87 bits per heavy atom. The van der Waals surface area contributed by atoms with E-state index in [0.29, 0.717) is 29.7 Å². The molecule has 2 aromatic rings. The smallest absolute Gasteiger partial charge is 0.109 e. The Balaban J connectivity index is 1.70. The third-order valence-corrected chi connectivity index (χ3v) is 8.06. The summed E-state index contributed by atoms with van der Waals surface area (Å²) in [5.41, 5.74) is 5.44. The summed E-state index contributed by atoms with van der Waals surface area (Å²) in [4.78, 5) is 0. The molecule has 1 fully saturated rings. The van der Waals surface area contributed by atoms with E-state index in [1.807, 2.05) is 0 Å². The molecule has 1 aromatic carbocycles. The van der Waals surface area contributed by atoms with Crippen LogP contribution < -0.4 is 0 Å². The third-order valence-electron chi connectivity index (χ3n) is 8.06. The summed E-state index contributed by atoms with van der Waals surface area (Å²) >= 11 is 0. The van der Waals surface area contributed by atoms with E-state index in [0.717, 1.165) is 12.8 Å². The number of nitrogens with zero attached hydrogens (tertiary/aromatic N) is 3. The van der Waals surface area contributed by atoms with Crippen molar-refractivity contribution in [3.63, 3.8) is 0 Å². The van der Waals surface area contributed by atoms with Gasteiger partial charge in [-0.2, -0.15) is 10.4 Å². The van der Waals surface area contributed by atoms with Gasteiger partial charge in [0.05, 0.1) is 29.1 Å². The highest BCUT2D eigenvalue weighted by molar-refractivity contribution is 5.66. The molecule has 30 heavy (non-hydrogen) atoms. The molecule has 3 atom stereocenters. The predicted molar refractivity (Wildman–Crippen MR) is 118 cm³/mol. The van der Waals surface area contributed by atoms with Gasteiger partial charge >= 0.3 is 0 Å². The maximum atomic E-state index is 10.6. The van der Waals surface area contributed by atoms with Crippen molar-refractivity contribution in [2.24, 2.45) is 11.8 Å². The Morgan fingerprint density at radius 3 is 2.57 bits per heavy atom. The number of nitriles is 1. The first-order chi connectivity index (χ1) is 14.5. The first kappa shape index (κ1) is 19.4. The Bertz CT molecular complexity index is 1020. The molecule has 156 valence electrons. The van der Waals surface area contributed by atoms with Crippen molar-refractivity contribution in [3.8, 4) is 17.3 Å². The maximum Gasteiger partial charge on any atom is 0.109 e. The number of hydrogen-bond donors (Lipinski definition) is 1. The summed E-state index contributed by atoms with van der Waals surface area (Å²) in [5, 5.41) is 25.6. The molecule has 3 aliphatic rings. The molecule has 1 heterocycles. The highest BCUT2D eigenvalue weighted by atomic mass is 16.3. The van der Waals surface area contributed by atoms with Crippen LogP contribution in [0.2, 0.25) is 0 Å². The van der Waals surface area contributed by atoms with Gasteiger partial charge in [-0.15, -0.1) is 0 Å². The van der Waals surface area contributed by atoms with E-state index in [2.05, 4.69) is 54.9 Å². The van der Waals surface area contributed by atoms with Crippen LogP contribution in [0, 0.1) is 23.2 Å². The SMILES string of the molecule is C[C@H]1C(O)=C(C#N)C[C@@]2(C)c3nn(C4CCCCC4)c(-c4ccccc4)c3CC[C@H]12. The molecule has 0 saturated heterocycles. The number of hydrogen-bond acceptors (Lipinski definition) is 3.